The van der Waals surface area contributed by atoms with Crippen molar-refractivity contribution in [1.29, 1.82) is 0 Å². The van der Waals surface area contributed by atoms with E-state index in [0.717, 1.165) is 5.92 Å². The van der Waals surface area contributed by atoms with Crippen LogP contribution in [0.1, 0.15) is 48.0 Å². The van der Waals surface area contributed by atoms with Gasteiger partial charge in [-0.2, -0.15) is 0 Å². The Balaban J connectivity index is -0.000000175. The summed E-state index contributed by atoms with van der Waals surface area (Å²) in [5, 5.41) is 0. The first-order chi connectivity index (χ1) is 5.63. The topological polar surface area (TPSA) is 3.24 Å². The molecule has 0 unspecified atom stereocenters. The van der Waals surface area contributed by atoms with Crippen LogP contribution in [0.15, 0.2) is 0 Å². The van der Waals surface area contributed by atoms with Crippen LogP contribution in [0.4, 0.5) is 0 Å². The molecule has 0 saturated heterocycles. The maximum absolute atomic E-state index is 2.25. The molecule has 0 aliphatic rings. The monoisotopic (exact) mass is 175 g/mol. The van der Waals surface area contributed by atoms with Gasteiger partial charge in [0.1, 0.15) is 0 Å². The lowest BCUT2D eigenvalue weighted by Crippen LogP contribution is -2.14. The fourth-order valence-electron chi connectivity index (χ4n) is 0.516. The summed E-state index contributed by atoms with van der Waals surface area (Å²) in [5.74, 6) is 0.845. The lowest BCUT2D eigenvalue weighted by molar-refractivity contribution is 0.369. The minimum atomic E-state index is 0.845. The summed E-state index contributed by atoms with van der Waals surface area (Å²) < 4.78 is 0. The molecule has 0 saturated carbocycles. The van der Waals surface area contributed by atoms with Gasteiger partial charge in [-0.15, -0.1) is 0 Å². The zero-order chi connectivity index (χ0) is 10.6. The van der Waals surface area contributed by atoms with E-state index in [1.165, 1.54) is 13.0 Å². The molecular weight excluding hydrogens is 146 g/mol. The summed E-state index contributed by atoms with van der Waals surface area (Å²) in [6, 6.07) is 0. The van der Waals surface area contributed by atoms with Gasteiger partial charge in [0.25, 0.3) is 0 Å². The Labute approximate surface area is 80.2 Å². The van der Waals surface area contributed by atoms with Crippen molar-refractivity contribution in [3.05, 3.63) is 0 Å². The minimum absolute atomic E-state index is 0.845. The van der Waals surface area contributed by atoms with Gasteiger partial charge >= 0.3 is 0 Å². The summed E-state index contributed by atoms with van der Waals surface area (Å²) in [5.41, 5.74) is 0. The van der Waals surface area contributed by atoms with E-state index < -0.39 is 0 Å². The van der Waals surface area contributed by atoms with Crippen molar-refractivity contribution in [2.45, 2.75) is 48.0 Å². The standard InChI is InChI=1S/C7H17N.2C2H6/c1-7(2)5-6-8(3)4;2*1-2/h7H,5-6H2,1-4H3;2*1-2H3. The quantitative estimate of drug-likeness (QED) is 0.633. The van der Waals surface area contributed by atoms with Crippen LogP contribution < -0.4 is 0 Å². The highest BCUT2D eigenvalue weighted by Crippen LogP contribution is 1.98. The predicted octanol–water partition coefficient (Wildman–Crippen LogP) is 3.65. The molecule has 1 nitrogen and oxygen atoms in total. The van der Waals surface area contributed by atoms with Gasteiger partial charge in [-0.3, -0.25) is 0 Å². The van der Waals surface area contributed by atoms with Gasteiger partial charge in [0, 0.05) is 0 Å². The summed E-state index contributed by atoms with van der Waals surface area (Å²) in [6.45, 7) is 13.7. The number of rotatable bonds is 3. The van der Waals surface area contributed by atoms with Crippen LogP contribution in [-0.4, -0.2) is 25.5 Å². The number of hydrogen-bond acceptors (Lipinski definition) is 1. The van der Waals surface area contributed by atoms with Crippen molar-refractivity contribution in [1.82, 2.24) is 4.90 Å². The molecule has 0 radical (unpaired) electrons. The zero-order valence-corrected chi connectivity index (χ0v) is 10.4. The molecule has 0 rings (SSSR count). The second-order valence-corrected chi connectivity index (χ2v) is 2.99. The van der Waals surface area contributed by atoms with Crippen molar-refractivity contribution in [2.75, 3.05) is 20.6 Å². The van der Waals surface area contributed by atoms with E-state index in [1.807, 2.05) is 27.7 Å². The van der Waals surface area contributed by atoms with Gasteiger partial charge in [0.15, 0.2) is 0 Å². The Hall–Kier alpha value is -0.0400. The van der Waals surface area contributed by atoms with Crippen LogP contribution in [0.25, 0.3) is 0 Å². The highest BCUT2D eigenvalue weighted by Gasteiger charge is 1.93. The van der Waals surface area contributed by atoms with Crippen molar-refractivity contribution in [3.63, 3.8) is 0 Å². The first kappa shape index (κ1) is 17.9. The van der Waals surface area contributed by atoms with Crippen molar-refractivity contribution >= 4 is 0 Å². The van der Waals surface area contributed by atoms with Gasteiger partial charge in [0.2, 0.25) is 0 Å². The first-order valence-electron chi connectivity index (χ1n) is 5.27. The van der Waals surface area contributed by atoms with Crippen LogP contribution >= 0.6 is 0 Å². The van der Waals surface area contributed by atoms with E-state index in [-0.39, 0.29) is 0 Å². The number of hydrogen-bond donors (Lipinski definition) is 0. The molecule has 1 heteroatoms. The lowest BCUT2D eigenvalue weighted by atomic mass is 10.1. The second-order valence-electron chi connectivity index (χ2n) is 2.99. The van der Waals surface area contributed by atoms with E-state index in [2.05, 4.69) is 32.8 Å². The Kier molecular flexibility index (Phi) is 25.6. The highest BCUT2D eigenvalue weighted by molar-refractivity contribution is 4.47. The smallest absolute Gasteiger partial charge is 0.00224 e. The molecule has 0 amide bonds. The van der Waals surface area contributed by atoms with Gasteiger partial charge in [-0.25, -0.2) is 0 Å². The average molecular weight is 175 g/mol. The third-order valence-electron chi connectivity index (χ3n) is 1.15. The van der Waals surface area contributed by atoms with Gasteiger partial charge in [-0.1, -0.05) is 41.5 Å². The molecule has 0 spiro atoms. The van der Waals surface area contributed by atoms with E-state index >= 15 is 0 Å². The molecule has 0 fully saturated rings. The summed E-state index contributed by atoms with van der Waals surface area (Å²) in [7, 11) is 4.23. The van der Waals surface area contributed by atoms with Gasteiger partial charge in [-0.05, 0) is 33.0 Å². The second kappa shape index (κ2) is 17.2. The molecule has 0 N–H and O–H groups in total. The number of nitrogens with zero attached hydrogens (tertiary/aromatic N) is 1. The van der Waals surface area contributed by atoms with Crippen LogP contribution in [0.5, 0.6) is 0 Å². The predicted molar refractivity (Wildman–Crippen MR) is 60.7 cm³/mol. The molecule has 0 aromatic carbocycles. The largest absolute Gasteiger partial charge is 0.309 e. The Morgan fingerprint density at radius 2 is 1.25 bits per heavy atom. The normalized spacial score (nSPS) is 8.50. The molecule has 0 aliphatic carbocycles. The summed E-state index contributed by atoms with van der Waals surface area (Å²) in [6.07, 6.45) is 1.31. The van der Waals surface area contributed by atoms with Crippen LogP contribution in [-0.2, 0) is 0 Å². The molecule has 0 aromatic rings. The fraction of sp³-hybridized carbons (Fsp3) is 1.00. The van der Waals surface area contributed by atoms with Crippen molar-refractivity contribution in [3.8, 4) is 0 Å². The van der Waals surface area contributed by atoms with E-state index in [4.69, 9.17) is 0 Å². The van der Waals surface area contributed by atoms with Crippen LogP contribution in [0, 0.1) is 5.92 Å². The molecule has 0 bridgehead atoms. The highest BCUT2D eigenvalue weighted by atomic mass is 15.0. The van der Waals surface area contributed by atoms with Crippen LogP contribution in [0.3, 0.4) is 0 Å². The van der Waals surface area contributed by atoms with Crippen molar-refractivity contribution in [2.24, 2.45) is 5.92 Å². The Morgan fingerprint density at radius 1 is 0.917 bits per heavy atom. The van der Waals surface area contributed by atoms with Gasteiger partial charge < -0.3 is 4.90 Å². The van der Waals surface area contributed by atoms with Crippen molar-refractivity contribution < 1.29 is 0 Å². The summed E-state index contributed by atoms with van der Waals surface area (Å²) >= 11 is 0. The molecule has 0 aromatic heterocycles. The molecule has 0 aliphatic heterocycles. The summed E-state index contributed by atoms with van der Waals surface area (Å²) in [4.78, 5) is 2.22. The van der Waals surface area contributed by atoms with E-state index in [0.29, 0.717) is 0 Å². The maximum atomic E-state index is 2.25. The van der Waals surface area contributed by atoms with Gasteiger partial charge in [0.05, 0.1) is 0 Å². The third-order valence-corrected chi connectivity index (χ3v) is 1.15. The zero-order valence-electron chi connectivity index (χ0n) is 10.4. The molecule has 0 atom stereocenters. The average Bonchev–Trinajstić information content (AvgIpc) is 2.08. The SMILES string of the molecule is CC.CC.CC(C)CCN(C)C. The van der Waals surface area contributed by atoms with Crippen LogP contribution in [0.2, 0.25) is 0 Å². The first-order valence-corrected chi connectivity index (χ1v) is 5.27. The van der Waals surface area contributed by atoms with E-state index in [1.54, 1.807) is 0 Å². The van der Waals surface area contributed by atoms with E-state index in [9.17, 15) is 0 Å². The molecule has 12 heavy (non-hydrogen) atoms. The third kappa shape index (κ3) is 32.5. The maximum Gasteiger partial charge on any atom is -0.00224 e. The lowest BCUT2D eigenvalue weighted by Gasteiger charge is -2.10. The Bertz CT molecular complexity index is 41.0. The molecule has 78 valence electrons. The molecular formula is C11H29N. The molecule has 0 heterocycles. The fourth-order valence-corrected chi connectivity index (χ4v) is 0.516. The minimum Gasteiger partial charge on any atom is -0.309 e. The Morgan fingerprint density at radius 3 is 1.33 bits per heavy atom.